The minimum Gasteiger partial charge on any atom is -0.486 e. The van der Waals surface area contributed by atoms with E-state index in [0.29, 0.717) is 30.6 Å². The van der Waals surface area contributed by atoms with Crippen molar-refractivity contribution in [2.75, 3.05) is 18.9 Å². The number of aromatic nitrogens is 2. The molecule has 0 unspecified atom stereocenters. The van der Waals surface area contributed by atoms with E-state index in [0.717, 1.165) is 25.0 Å². The van der Waals surface area contributed by atoms with Crippen LogP contribution in [0.25, 0.3) is 11.4 Å². The van der Waals surface area contributed by atoms with Crippen molar-refractivity contribution in [3.63, 3.8) is 0 Å². The van der Waals surface area contributed by atoms with Gasteiger partial charge in [0, 0.05) is 5.56 Å². The Labute approximate surface area is 138 Å². The van der Waals surface area contributed by atoms with Gasteiger partial charge in [0.2, 0.25) is 0 Å². The number of nitrogens with zero attached hydrogens (tertiary/aromatic N) is 2. The number of hydrogen-bond donors (Lipinski definition) is 1. The first-order chi connectivity index (χ1) is 9.56. The summed E-state index contributed by atoms with van der Waals surface area (Å²) >= 11 is 5.63. The van der Waals surface area contributed by atoms with Crippen molar-refractivity contribution in [3.8, 4) is 22.9 Å². The summed E-state index contributed by atoms with van der Waals surface area (Å²) in [7, 11) is 0. The molecule has 0 aliphatic carbocycles. The highest BCUT2D eigenvalue weighted by molar-refractivity contribution is 14.1. The highest BCUT2D eigenvalue weighted by atomic mass is 127. The first-order valence-electron chi connectivity index (χ1n) is 5.95. The summed E-state index contributed by atoms with van der Waals surface area (Å²) in [5.74, 6) is 2.48. The predicted molar refractivity (Wildman–Crippen MR) is 88.0 cm³/mol. The normalized spacial score (nSPS) is 13.3. The Hall–Kier alpha value is -1.09. The molecule has 2 aromatic rings. The molecule has 1 aliphatic heterocycles. The van der Waals surface area contributed by atoms with E-state index in [9.17, 15) is 0 Å². The van der Waals surface area contributed by atoms with E-state index in [1.54, 1.807) is 0 Å². The molecule has 5 nitrogen and oxygen atoms in total. The lowest BCUT2D eigenvalue weighted by Crippen LogP contribution is -2.15. The van der Waals surface area contributed by atoms with E-state index in [2.05, 4.69) is 48.5 Å². The fraction of sp³-hybridized carbons (Fsp3) is 0.231. The van der Waals surface area contributed by atoms with E-state index in [-0.39, 0.29) is 0 Å². The highest BCUT2D eigenvalue weighted by Gasteiger charge is 2.18. The minimum absolute atomic E-state index is 0.485. The van der Waals surface area contributed by atoms with Gasteiger partial charge in [-0.05, 0) is 57.6 Å². The molecule has 0 saturated carbocycles. The fourth-order valence-corrected chi connectivity index (χ4v) is 2.75. The fourth-order valence-electron chi connectivity index (χ4n) is 1.95. The number of aryl methyl sites for hydroxylation is 1. The van der Waals surface area contributed by atoms with Crippen LogP contribution in [0.5, 0.6) is 11.5 Å². The molecule has 0 atom stereocenters. The number of nitrogens with two attached hydrogens (primary N) is 1. The van der Waals surface area contributed by atoms with Gasteiger partial charge in [-0.2, -0.15) is 0 Å². The largest absolute Gasteiger partial charge is 0.486 e. The first kappa shape index (κ1) is 13.9. The van der Waals surface area contributed by atoms with E-state index in [1.165, 1.54) is 0 Å². The van der Waals surface area contributed by atoms with Gasteiger partial charge in [-0.1, -0.05) is 0 Å². The molecule has 0 amide bonds. The van der Waals surface area contributed by atoms with Gasteiger partial charge in [-0.3, -0.25) is 0 Å². The van der Waals surface area contributed by atoms with E-state index >= 15 is 0 Å². The number of halogens is 2. The Morgan fingerprint density at radius 1 is 1.25 bits per heavy atom. The summed E-state index contributed by atoms with van der Waals surface area (Å²) in [6.45, 7) is 3.00. The van der Waals surface area contributed by atoms with Gasteiger partial charge in [0.1, 0.15) is 19.0 Å². The third kappa shape index (κ3) is 2.44. The maximum Gasteiger partial charge on any atom is 0.175 e. The van der Waals surface area contributed by atoms with E-state index < -0.39 is 0 Å². The zero-order valence-electron chi connectivity index (χ0n) is 10.6. The molecule has 0 spiro atoms. The number of anilines is 1. The number of nitrogen functional groups attached to an aromatic ring is 1. The molecule has 1 aromatic heterocycles. The third-order valence-electron chi connectivity index (χ3n) is 2.90. The maximum absolute atomic E-state index is 5.91. The monoisotopic (exact) mass is 447 g/mol. The van der Waals surface area contributed by atoms with Crippen LogP contribution < -0.4 is 15.2 Å². The Morgan fingerprint density at radius 3 is 2.75 bits per heavy atom. The van der Waals surface area contributed by atoms with Crippen LogP contribution in [0.15, 0.2) is 16.6 Å². The topological polar surface area (TPSA) is 70.3 Å². The Bertz CT molecular complexity index is 671. The van der Waals surface area contributed by atoms with Crippen molar-refractivity contribution in [2.24, 2.45) is 0 Å². The van der Waals surface area contributed by atoms with Gasteiger partial charge in [0.15, 0.2) is 17.3 Å². The molecular formula is C13H11BrIN3O2. The summed E-state index contributed by atoms with van der Waals surface area (Å²) < 4.78 is 12.9. The Balaban J connectivity index is 2.13. The molecule has 0 fully saturated rings. The molecule has 1 aromatic carbocycles. The van der Waals surface area contributed by atoms with Gasteiger partial charge in [-0.25, -0.2) is 9.97 Å². The second kappa shape index (κ2) is 5.36. The van der Waals surface area contributed by atoms with Crippen molar-refractivity contribution in [1.29, 1.82) is 0 Å². The van der Waals surface area contributed by atoms with Crippen LogP contribution >= 0.6 is 38.5 Å². The lowest BCUT2D eigenvalue weighted by Gasteiger charge is -2.20. The molecule has 0 radical (unpaired) electrons. The average molecular weight is 448 g/mol. The van der Waals surface area contributed by atoms with Gasteiger partial charge in [0.05, 0.1) is 13.7 Å². The summed E-state index contributed by atoms with van der Waals surface area (Å²) in [4.78, 5) is 8.81. The van der Waals surface area contributed by atoms with Crippen LogP contribution in [0.1, 0.15) is 5.69 Å². The summed E-state index contributed by atoms with van der Waals surface area (Å²) in [5.41, 5.74) is 7.61. The number of benzene rings is 1. The molecule has 0 bridgehead atoms. The lowest BCUT2D eigenvalue weighted by molar-refractivity contribution is 0.170. The second-order valence-corrected chi connectivity index (χ2v) is 6.25. The number of hydrogen-bond acceptors (Lipinski definition) is 5. The maximum atomic E-state index is 5.91. The highest BCUT2D eigenvalue weighted by Crippen LogP contribution is 2.40. The van der Waals surface area contributed by atoms with Gasteiger partial charge >= 0.3 is 0 Å². The molecule has 2 N–H and O–H groups in total. The summed E-state index contributed by atoms with van der Waals surface area (Å²) in [5, 5.41) is 0. The Kier molecular flexibility index (Phi) is 3.72. The average Bonchev–Trinajstić information content (AvgIpc) is 2.44. The van der Waals surface area contributed by atoms with Gasteiger partial charge in [-0.15, -0.1) is 0 Å². The SMILES string of the molecule is Cc1nc(-c2cc(Br)c3c(c2)OCCO3)nc(N)c1I. The Morgan fingerprint density at radius 2 is 2.00 bits per heavy atom. The van der Waals surface area contributed by atoms with Crippen LogP contribution in [-0.2, 0) is 0 Å². The van der Waals surface area contributed by atoms with E-state index in [1.807, 2.05) is 19.1 Å². The number of ether oxygens (including phenoxy) is 2. The van der Waals surface area contributed by atoms with Crippen LogP contribution in [0.2, 0.25) is 0 Å². The molecule has 1 aliphatic rings. The smallest absolute Gasteiger partial charge is 0.175 e. The zero-order valence-corrected chi connectivity index (χ0v) is 14.4. The number of rotatable bonds is 1. The number of fused-ring (bicyclic) bond motifs is 1. The van der Waals surface area contributed by atoms with Crippen LogP contribution in [0, 0.1) is 10.5 Å². The van der Waals surface area contributed by atoms with Crippen molar-refractivity contribution in [3.05, 3.63) is 25.9 Å². The summed E-state index contributed by atoms with van der Waals surface area (Å²) in [6, 6.07) is 3.79. The van der Waals surface area contributed by atoms with Crippen LogP contribution in [0.4, 0.5) is 5.82 Å². The molecular weight excluding hydrogens is 437 g/mol. The molecule has 3 rings (SSSR count). The van der Waals surface area contributed by atoms with Gasteiger partial charge < -0.3 is 15.2 Å². The zero-order chi connectivity index (χ0) is 14.3. The lowest BCUT2D eigenvalue weighted by atomic mass is 10.1. The van der Waals surface area contributed by atoms with Crippen molar-refractivity contribution in [1.82, 2.24) is 9.97 Å². The van der Waals surface area contributed by atoms with Crippen LogP contribution in [-0.4, -0.2) is 23.2 Å². The van der Waals surface area contributed by atoms with Gasteiger partial charge in [0.25, 0.3) is 0 Å². The molecule has 104 valence electrons. The molecule has 20 heavy (non-hydrogen) atoms. The van der Waals surface area contributed by atoms with Crippen molar-refractivity contribution in [2.45, 2.75) is 6.92 Å². The quantitative estimate of drug-likeness (QED) is 0.680. The standard InChI is InChI=1S/C13H11BrIN3O2/c1-6-10(15)12(16)18-13(17-6)7-4-8(14)11-9(5-7)19-2-3-20-11/h4-5H,2-3H2,1H3,(H2,16,17,18). The van der Waals surface area contributed by atoms with Crippen molar-refractivity contribution >= 4 is 44.3 Å². The summed E-state index contributed by atoms with van der Waals surface area (Å²) in [6.07, 6.45) is 0. The first-order valence-corrected chi connectivity index (χ1v) is 7.82. The minimum atomic E-state index is 0.485. The van der Waals surface area contributed by atoms with Crippen molar-refractivity contribution < 1.29 is 9.47 Å². The molecule has 7 heteroatoms. The second-order valence-electron chi connectivity index (χ2n) is 4.31. The van der Waals surface area contributed by atoms with Crippen LogP contribution in [0.3, 0.4) is 0 Å². The van der Waals surface area contributed by atoms with E-state index in [4.69, 9.17) is 15.2 Å². The molecule has 0 saturated heterocycles. The molecule has 2 heterocycles. The third-order valence-corrected chi connectivity index (χ3v) is 4.82. The predicted octanol–water partition coefficient (Wildman–Crippen LogP) is 3.17.